The fourth-order valence-electron chi connectivity index (χ4n) is 2.79. The number of aliphatic hydroxyl groups excluding tert-OH is 1. The largest absolute Gasteiger partial charge is 0.392 e. The van der Waals surface area contributed by atoms with Crippen molar-refractivity contribution >= 4 is 0 Å². The second-order valence-electron chi connectivity index (χ2n) is 4.73. The zero-order valence-corrected chi connectivity index (χ0v) is 10.1. The smallest absolute Gasteiger partial charge is 0.0673 e. The minimum absolute atomic E-state index is 0.179. The Morgan fingerprint density at radius 1 is 1.31 bits per heavy atom. The van der Waals surface area contributed by atoms with Crippen LogP contribution in [-0.4, -0.2) is 35.2 Å². The number of likely N-dealkylation sites (N-methyl/N-ethyl adjacent to an activating group) is 1. The number of hydrogen-bond donors (Lipinski definition) is 1. The molecule has 0 bridgehead atoms. The third-order valence-electron chi connectivity index (χ3n) is 3.76. The highest BCUT2D eigenvalue weighted by Gasteiger charge is 2.32. The summed E-state index contributed by atoms with van der Waals surface area (Å²) in [4.78, 5) is 2.37. The van der Waals surface area contributed by atoms with Crippen molar-refractivity contribution < 1.29 is 5.11 Å². The molecule has 2 rings (SSSR count). The lowest BCUT2D eigenvalue weighted by Gasteiger charge is -2.41. The summed E-state index contributed by atoms with van der Waals surface area (Å²) in [6, 6.07) is 11.1. The molecule has 3 atom stereocenters. The molecular formula is C14H21NO. The summed E-state index contributed by atoms with van der Waals surface area (Å²) < 4.78 is 0. The molecule has 1 aromatic carbocycles. The van der Waals surface area contributed by atoms with Crippen LogP contribution in [-0.2, 0) is 0 Å². The highest BCUT2D eigenvalue weighted by atomic mass is 16.3. The van der Waals surface area contributed by atoms with Gasteiger partial charge in [-0.1, -0.05) is 37.3 Å². The molecule has 0 amide bonds. The molecule has 2 heteroatoms. The number of hydrogen-bond acceptors (Lipinski definition) is 2. The molecule has 0 aliphatic carbocycles. The normalized spacial score (nSPS) is 31.6. The van der Waals surface area contributed by atoms with Gasteiger partial charge in [-0.15, -0.1) is 0 Å². The summed E-state index contributed by atoms with van der Waals surface area (Å²) in [6.45, 7) is 6.27. The van der Waals surface area contributed by atoms with Crippen molar-refractivity contribution in [3.8, 4) is 0 Å². The summed E-state index contributed by atoms with van der Waals surface area (Å²) >= 11 is 0. The maximum atomic E-state index is 9.92. The van der Waals surface area contributed by atoms with Crippen LogP contribution in [0.4, 0.5) is 0 Å². The topological polar surface area (TPSA) is 23.5 Å². The lowest BCUT2D eigenvalue weighted by Crippen LogP contribution is -2.48. The predicted molar refractivity (Wildman–Crippen MR) is 66.5 cm³/mol. The zero-order chi connectivity index (χ0) is 11.5. The van der Waals surface area contributed by atoms with E-state index < -0.39 is 0 Å². The average Bonchev–Trinajstić information content (AvgIpc) is 2.33. The summed E-state index contributed by atoms with van der Waals surface area (Å²) in [5.74, 6) is 0.463. The minimum atomic E-state index is -0.179. The molecule has 1 N–H and O–H groups in total. The third-order valence-corrected chi connectivity index (χ3v) is 3.76. The van der Waals surface area contributed by atoms with Gasteiger partial charge in [0.25, 0.3) is 0 Å². The number of piperidine rings is 1. The van der Waals surface area contributed by atoms with Crippen LogP contribution >= 0.6 is 0 Å². The van der Waals surface area contributed by atoms with Crippen LogP contribution in [0.2, 0.25) is 0 Å². The summed E-state index contributed by atoms with van der Waals surface area (Å²) in [5, 5.41) is 9.92. The van der Waals surface area contributed by atoms with Crippen LogP contribution in [0, 0.1) is 0 Å². The van der Waals surface area contributed by atoms with Gasteiger partial charge in [0.2, 0.25) is 0 Å². The second kappa shape index (κ2) is 4.98. The monoisotopic (exact) mass is 219 g/mol. The Hall–Kier alpha value is -0.860. The standard InChI is InChI=1S/C14H21NO/c1-3-15-10-13(16)9-14(11(15)2)12-7-5-4-6-8-12/h4-8,11,13-14,16H,3,9-10H2,1-2H3/t11-,13+,14-/m1/s1. The van der Waals surface area contributed by atoms with Crippen molar-refractivity contribution in [1.29, 1.82) is 0 Å². The molecule has 88 valence electrons. The highest BCUT2D eigenvalue weighted by Crippen LogP contribution is 2.32. The number of aliphatic hydroxyl groups is 1. The van der Waals surface area contributed by atoms with E-state index in [9.17, 15) is 5.11 Å². The molecule has 1 fully saturated rings. The predicted octanol–water partition coefficient (Wildman–Crippen LogP) is 2.25. The summed E-state index contributed by atoms with van der Waals surface area (Å²) in [5.41, 5.74) is 1.35. The van der Waals surface area contributed by atoms with Crippen LogP contribution in [0.3, 0.4) is 0 Å². The van der Waals surface area contributed by atoms with Gasteiger partial charge < -0.3 is 5.11 Å². The Labute approximate surface area is 97.9 Å². The van der Waals surface area contributed by atoms with Crippen molar-refractivity contribution in [1.82, 2.24) is 4.90 Å². The van der Waals surface area contributed by atoms with Crippen molar-refractivity contribution in [3.05, 3.63) is 35.9 Å². The highest BCUT2D eigenvalue weighted by molar-refractivity contribution is 5.22. The number of benzene rings is 1. The maximum absolute atomic E-state index is 9.92. The molecule has 0 aromatic heterocycles. The molecule has 16 heavy (non-hydrogen) atoms. The molecular weight excluding hydrogens is 198 g/mol. The van der Waals surface area contributed by atoms with E-state index in [1.807, 2.05) is 6.07 Å². The van der Waals surface area contributed by atoms with Gasteiger partial charge in [0, 0.05) is 18.5 Å². The average molecular weight is 219 g/mol. The SMILES string of the molecule is CCN1C[C@@H](O)C[C@@H](c2ccccc2)[C@H]1C. The first-order valence-corrected chi connectivity index (χ1v) is 6.19. The van der Waals surface area contributed by atoms with E-state index in [2.05, 4.69) is 43.0 Å². The summed E-state index contributed by atoms with van der Waals surface area (Å²) in [7, 11) is 0. The van der Waals surface area contributed by atoms with E-state index >= 15 is 0 Å². The van der Waals surface area contributed by atoms with Crippen LogP contribution in [0.5, 0.6) is 0 Å². The van der Waals surface area contributed by atoms with Crippen molar-refractivity contribution in [3.63, 3.8) is 0 Å². The van der Waals surface area contributed by atoms with Gasteiger partial charge in [-0.05, 0) is 25.5 Å². The second-order valence-corrected chi connectivity index (χ2v) is 4.73. The minimum Gasteiger partial charge on any atom is -0.392 e. The maximum Gasteiger partial charge on any atom is 0.0673 e. The first-order valence-electron chi connectivity index (χ1n) is 6.19. The van der Waals surface area contributed by atoms with Crippen molar-refractivity contribution in [2.45, 2.75) is 38.3 Å². The Morgan fingerprint density at radius 3 is 2.62 bits per heavy atom. The Morgan fingerprint density at radius 2 is 2.00 bits per heavy atom. The zero-order valence-electron chi connectivity index (χ0n) is 10.1. The van der Waals surface area contributed by atoms with Crippen LogP contribution in [0.25, 0.3) is 0 Å². The van der Waals surface area contributed by atoms with Crippen LogP contribution < -0.4 is 0 Å². The molecule has 0 radical (unpaired) electrons. The molecule has 0 spiro atoms. The van der Waals surface area contributed by atoms with Crippen LogP contribution in [0.1, 0.15) is 31.7 Å². The van der Waals surface area contributed by atoms with Crippen molar-refractivity contribution in [2.24, 2.45) is 0 Å². The van der Waals surface area contributed by atoms with E-state index in [0.29, 0.717) is 12.0 Å². The summed E-state index contributed by atoms with van der Waals surface area (Å²) in [6.07, 6.45) is 0.711. The van der Waals surface area contributed by atoms with E-state index in [1.165, 1.54) is 5.56 Å². The van der Waals surface area contributed by atoms with Gasteiger partial charge in [0.15, 0.2) is 0 Å². The lowest BCUT2D eigenvalue weighted by molar-refractivity contribution is 0.0301. The van der Waals surface area contributed by atoms with Gasteiger partial charge in [-0.25, -0.2) is 0 Å². The molecule has 2 nitrogen and oxygen atoms in total. The van der Waals surface area contributed by atoms with E-state index in [4.69, 9.17) is 0 Å². The van der Waals surface area contributed by atoms with Crippen LogP contribution in [0.15, 0.2) is 30.3 Å². The molecule has 1 heterocycles. The van der Waals surface area contributed by atoms with Gasteiger partial charge in [0.05, 0.1) is 6.10 Å². The number of β-amino-alcohol motifs (C(OH)–C–C–N with tert-alkyl or cyclic N) is 1. The molecule has 0 saturated carbocycles. The van der Waals surface area contributed by atoms with Gasteiger partial charge in [-0.3, -0.25) is 4.90 Å². The third kappa shape index (κ3) is 2.28. The Kier molecular flexibility index (Phi) is 3.62. The number of nitrogens with zero attached hydrogens (tertiary/aromatic N) is 1. The van der Waals surface area contributed by atoms with Gasteiger partial charge in [0.1, 0.15) is 0 Å². The number of rotatable bonds is 2. The first-order chi connectivity index (χ1) is 7.72. The Bertz CT molecular complexity index is 325. The Balaban J connectivity index is 2.20. The molecule has 0 unspecified atom stereocenters. The first kappa shape index (κ1) is 11.6. The van der Waals surface area contributed by atoms with Gasteiger partial charge >= 0.3 is 0 Å². The fourth-order valence-corrected chi connectivity index (χ4v) is 2.79. The molecule has 1 aliphatic rings. The molecule has 1 aliphatic heterocycles. The van der Waals surface area contributed by atoms with Crippen molar-refractivity contribution in [2.75, 3.05) is 13.1 Å². The van der Waals surface area contributed by atoms with E-state index in [0.717, 1.165) is 19.5 Å². The molecule has 1 aromatic rings. The fraction of sp³-hybridized carbons (Fsp3) is 0.571. The van der Waals surface area contributed by atoms with E-state index in [-0.39, 0.29) is 6.10 Å². The number of likely N-dealkylation sites (tertiary alicyclic amines) is 1. The molecule has 1 saturated heterocycles. The lowest BCUT2D eigenvalue weighted by atomic mass is 9.83. The van der Waals surface area contributed by atoms with E-state index in [1.54, 1.807) is 0 Å². The quantitative estimate of drug-likeness (QED) is 0.824. The van der Waals surface area contributed by atoms with Gasteiger partial charge in [-0.2, -0.15) is 0 Å².